The van der Waals surface area contributed by atoms with Crippen molar-refractivity contribution >= 4 is 33.5 Å². The van der Waals surface area contributed by atoms with Crippen LogP contribution in [0.1, 0.15) is 0 Å². The monoisotopic (exact) mass is 441 g/mol. The molecule has 0 spiro atoms. The molecule has 28 heavy (non-hydrogen) atoms. The fourth-order valence-corrected chi connectivity index (χ4v) is 3.42. The predicted molar refractivity (Wildman–Crippen MR) is 111 cm³/mol. The summed E-state index contributed by atoms with van der Waals surface area (Å²) in [5.74, 6) is 0.718. The Balaban J connectivity index is 1.32. The molecule has 2 aromatic carbocycles. The number of aromatic nitrogens is 4. The standard InChI is InChI=1S/C19H20BrN7O/c20-15-6-8-16(9-7-15)21-18(28)14-25-10-12-26(13-11-25)19-22-23-24-27(19)17-4-2-1-3-5-17/h1-9H,10-14H2,(H,21,28). The lowest BCUT2D eigenvalue weighted by molar-refractivity contribution is -0.117. The summed E-state index contributed by atoms with van der Waals surface area (Å²) in [4.78, 5) is 16.6. The molecule has 0 radical (unpaired) electrons. The van der Waals surface area contributed by atoms with Crippen LogP contribution in [-0.4, -0.2) is 63.7 Å². The summed E-state index contributed by atoms with van der Waals surface area (Å²) < 4.78 is 2.73. The van der Waals surface area contributed by atoms with Crippen LogP contribution < -0.4 is 10.2 Å². The minimum absolute atomic E-state index is 0.00936. The van der Waals surface area contributed by atoms with Crippen LogP contribution >= 0.6 is 15.9 Å². The highest BCUT2D eigenvalue weighted by atomic mass is 79.9. The predicted octanol–water partition coefficient (Wildman–Crippen LogP) is 2.19. The zero-order chi connectivity index (χ0) is 19.3. The number of benzene rings is 2. The molecule has 9 heteroatoms. The summed E-state index contributed by atoms with van der Waals surface area (Å²) in [6.07, 6.45) is 0. The molecule has 8 nitrogen and oxygen atoms in total. The van der Waals surface area contributed by atoms with Crippen molar-refractivity contribution in [2.75, 3.05) is 42.9 Å². The highest BCUT2D eigenvalue weighted by Crippen LogP contribution is 2.17. The number of nitrogens with one attached hydrogen (secondary N) is 1. The van der Waals surface area contributed by atoms with E-state index in [4.69, 9.17) is 0 Å². The van der Waals surface area contributed by atoms with E-state index < -0.39 is 0 Å². The number of nitrogens with zero attached hydrogens (tertiary/aromatic N) is 6. The van der Waals surface area contributed by atoms with Crippen LogP contribution in [0.25, 0.3) is 5.69 Å². The van der Waals surface area contributed by atoms with Crippen LogP contribution in [0.15, 0.2) is 59.1 Å². The highest BCUT2D eigenvalue weighted by Gasteiger charge is 2.23. The Bertz CT molecular complexity index is 921. The number of halogens is 1. The molecule has 4 rings (SSSR count). The zero-order valence-electron chi connectivity index (χ0n) is 15.2. The van der Waals surface area contributed by atoms with E-state index in [0.29, 0.717) is 6.54 Å². The fourth-order valence-electron chi connectivity index (χ4n) is 3.16. The molecule has 2 heterocycles. The lowest BCUT2D eigenvalue weighted by Gasteiger charge is -2.34. The molecule has 0 unspecified atom stereocenters. The van der Waals surface area contributed by atoms with E-state index in [9.17, 15) is 4.79 Å². The maximum Gasteiger partial charge on any atom is 0.250 e. The van der Waals surface area contributed by atoms with E-state index in [1.165, 1.54) is 0 Å². The molecular weight excluding hydrogens is 422 g/mol. The van der Waals surface area contributed by atoms with Gasteiger partial charge in [0.2, 0.25) is 11.9 Å². The van der Waals surface area contributed by atoms with E-state index in [2.05, 4.69) is 46.6 Å². The number of hydrogen-bond acceptors (Lipinski definition) is 6. The topological polar surface area (TPSA) is 79.2 Å². The average Bonchev–Trinajstić information content (AvgIpc) is 3.21. The molecule has 1 aliphatic rings. The molecule has 1 aliphatic heterocycles. The minimum Gasteiger partial charge on any atom is -0.337 e. The van der Waals surface area contributed by atoms with Crippen molar-refractivity contribution in [3.63, 3.8) is 0 Å². The first-order chi connectivity index (χ1) is 13.7. The molecule has 1 N–H and O–H groups in total. The molecule has 0 aliphatic carbocycles. The van der Waals surface area contributed by atoms with Gasteiger partial charge < -0.3 is 10.2 Å². The van der Waals surface area contributed by atoms with Gasteiger partial charge in [0.05, 0.1) is 12.2 Å². The van der Waals surface area contributed by atoms with E-state index in [1.807, 2.05) is 54.6 Å². The summed E-state index contributed by atoms with van der Waals surface area (Å²) in [6.45, 7) is 3.44. The van der Waals surface area contributed by atoms with Crippen LogP contribution in [0.2, 0.25) is 0 Å². The number of rotatable bonds is 5. The fraction of sp³-hybridized carbons (Fsp3) is 0.263. The van der Waals surface area contributed by atoms with Crippen LogP contribution in [0.4, 0.5) is 11.6 Å². The maximum absolute atomic E-state index is 12.3. The molecule has 1 saturated heterocycles. The molecule has 0 bridgehead atoms. The first-order valence-corrected chi connectivity index (χ1v) is 9.85. The largest absolute Gasteiger partial charge is 0.337 e. The van der Waals surface area contributed by atoms with Crippen LogP contribution in [0, 0.1) is 0 Å². The first kappa shape index (κ1) is 18.6. The highest BCUT2D eigenvalue weighted by molar-refractivity contribution is 9.10. The van der Waals surface area contributed by atoms with Crippen molar-refractivity contribution in [2.45, 2.75) is 0 Å². The Hall–Kier alpha value is -2.78. The molecule has 144 valence electrons. The van der Waals surface area contributed by atoms with E-state index in [-0.39, 0.29) is 5.91 Å². The van der Waals surface area contributed by atoms with Gasteiger partial charge in [0.25, 0.3) is 0 Å². The van der Waals surface area contributed by atoms with Crippen molar-refractivity contribution in [2.24, 2.45) is 0 Å². The van der Waals surface area contributed by atoms with Crippen molar-refractivity contribution in [3.05, 3.63) is 59.1 Å². The Kier molecular flexibility index (Phi) is 5.63. The van der Waals surface area contributed by atoms with Gasteiger partial charge in [0, 0.05) is 36.3 Å². The second kappa shape index (κ2) is 8.49. The molecule has 0 saturated carbocycles. The maximum atomic E-state index is 12.3. The third-order valence-corrected chi connectivity index (χ3v) is 5.13. The minimum atomic E-state index is -0.00936. The second-order valence-electron chi connectivity index (χ2n) is 6.54. The summed E-state index contributed by atoms with van der Waals surface area (Å²) in [5, 5.41) is 15.1. The second-order valence-corrected chi connectivity index (χ2v) is 7.46. The summed E-state index contributed by atoms with van der Waals surface area (Å²) in [5.41, 5.74) is 1.73. The number of carbonyl (C=O) groups excluding carboxylic acids is 1. The number of hydrogen-bond donors (Lipinski definition) is 1. The van der Waals surface area contributed by atoms with Gasteiger partial charge in [-0.1, -0.05) is 39.2 Å². The Labute approximate surface area is 171 Å². The molecule has 3 aromatic rings. The van der Waals surface area contributed by atoms with Crippen molar-refractivity contribution < 1.29 is 4.79 Å². The van der Waals surface area contributed by atoms with Crippen LogP contribution in [0.5, 0.6) is 0 Å². The van der Waals surface area contributed by atoms with Crippen LogP contribution in [0.3, 0.4) is 0 Å². The number of amides is 1. The molecule has 0 atom stereocenters. The Morgan fingerprint density at radius 1 is 1.00 bits per heavy atom. The van der Waals surface area contributed by atoms with E-state index in [0.717, 1.165) is 48.0 Å². The normalized spacial score (nSPS) is 14.8. The summed E-state index contributed by atoms with van der Waals surface area (Å²) in [6, 6.07) is 17.4. The van der Waals surface area contributed by atoms with Gasteiger partial charge in [0.15, 0.2) is 0 Å². The van der Waals surface area contributed by atoms with Gasteiger partial charge in [-0.25, -0.2) is 0 Å². The van der Waals surface area contributed by atoms with Gasteiger partial charge in [-0.3, -0.25) is 9.69 Å². The van der Waals surface area contributed by atoms with Gasteiger partial charge in [-0.15, -0.1) is 0 Å². The summed E-state index contributed by atoms with van der Waals surface area (Å²) >= 11 is 3.39. The third-order valence-electron chi connectivity index (χ3n) is 4.60. The zero-order valence-corrected chi connectivity index (χ0v) is 16.8. The number of para-hydroxylation sites is 1. The lowest BCUT2D eigenvalue weighted by Crippen LogP contribution is -2.49. The molecular formula is C19H20BrN7O. The van der Waals surface area contributed by atoms with Crippen molar-refractivity contribution in [1.82, 2.24) is 25.1 Å². The summed E-state index contributed by atoms with van der Waals surface area (Å²) in [7, 11) is 0. The third kappa shape index (κ3) is 4.37. The number of tetrazole rings is 1. The smallest absolute Gasteiger partial charge is 0.250 e. The van der Waals surface area contributed by atoms with Gasteiger partial charge in [0.1, 0.15) is 0 Å². The Morgan fingerprint density at radius 2 is 1.71 bits per heavy atom. The van der Waals surface area contributed by atoms with Crippen molar-refractivity contribution in [3.8, 4) is 5.69 Å². The van der Waals surface area contributed by atoms with Crippen molar-refractivity contribution in [1.29, 1.82) is 0 Å². The number of piperazine rings is 1. The SMILES string of the molecule is O=C(CN1CCN(c2nnnn2-c2ccccc2)CC1)Nc1ccc(Br)cc1. The van der Waals surface area contributed by atoms with Gasteiger partial charge in [-0.05, 0) is 46.8 Å². The quantitative estimate of drug-likeness (QED) is 0.653. The first-order valence-electron chi connectivity index (χ1n) is 9.05. The number of anilines is 2. The van der Waals surface area contributed by atoms with Crippen LogP contribution in [-0.2, 0) is 4.79 Å². The Morgan fingerprint density at radius 3 is 2.43 bits per heavy atom. The molecule has 1 amide bonds. The lowest BCUT2D eigenvalue weighted by atomic mass is 10.3. The molecule has 1 fully saturated rings. The average molecular weight is 442 g/mol. The van der Waals surface area contributed by atoms with E-state index in [1.54, 1.807) is 4.68 Å². The van der Waals surface area contributed by atoms with Gasteiger partial charge >= 0.3 is 0 Å². The number of carbonyl (C=O) groups is 1. The van der Waals surface area contributed by atoms with E-state index >= 15 is 0 Å². The molecule has 1 aromatic heterocycles. The van der Waals surface area contributed by atoms with Gasteiger partial charge in [-0.2, -0.15) is 4.68 Å².